The Morgan fingerprint density at radius 1 is 1.07 bits per heavy atom. The molecule has 4 unspecified atom stereocenters. The molecule has 2 bridgehead atoms. The topological polar surface area (TPSA) is 66.5 Å². The molecule has 4 atom stereocenters. The molecule has 5 rings (SSSR count). The molecule has 1 aliphatic heterocycles. The second-order valence-corrected chi connectivity index (χ2v) is 9.19. The van der Waals surface area contributed by atoms with Gasteiger partial charge < -0.3 is 5.32 Å². The molecule has 1 heterocycles. The SMILES string of the molecule is CCCc1ccc(NC(=O)CN2C(=O)C3C(C2=O)C2CCCC3C23CC3)cc1. The van der Waals surface area contributed by atoms with Crippen molar-refractivity contribution < 1.29 is 14.4 Å². The van der Waals surface area contributed by atoms with Crippen molar-refractivity contribution in [1.29, 1.82) is 0 Å². The first-order chi connectivity index (χ1) is 13.5. The quantitative estimate of drug-likeness (QED) is 0.796. The van der Waals surface area contributed by atoms with Crippen LogP contribution in [0.2, 0.25) is 0 Å². The third kappa shape index (κ3) is 2.55. The maximum absolute atomic E-state index is 13.1. The highest BCUT2D eigenvalue weighted by atomic mass is 16.2. The number of carbonyl (C=O) groups is 3. The third-order valence-corrected chi connectivity index (χ3v) is 7.77. The highest BCUT2D eigenvalue weighted by Crippen LogP contribution is 2.73. The lowest BCUT2D eigenvalue weighted by Crippen LogP contribution is -2.41. The minimum atomic E-state index is -0.295. The number of nitrogens with one attached hydrogen (secondary N) is 1. The Balaban J connectivity index is 1.27. The molecule has 1 aromatic rings. The molecule has 0 radical (unpaired) electrons. The molecule has 148 valence electrons. The minimum absolute atomic E-state index is 0.0934. The minimum Gasteiger partial charge on any atom is -0.325 e. The van der Waals surface area contributed by atoms with Gasteiger partial charge in [-0.15, -0.1) is 0 Å². The number of rotatable bonds is 5. The van der Waals surface area contributed by atoms with E-state index in [2.05, 4.69) is 12.2 Å². The van der Waals surface area contributed by atoms with Crippen LogP contribution in [0.4, 0.5) is 5.69 Å². The van der Waals surface area contributed by atoms with Crippen molar-refractivity contribution in [2.75, 3.05) is 11.9 Å². The predicted molar refractivity (Wildman–Crippen MR) is 105 cm³/mol. The van der Waals surface area contributed by atoms with Crippen molar-refractivity contribution in [3.63, 3.8) is 0 Å². The number of aryl methyl sites for hydroxylation is 1. The van der Waals surface area contributed by atoms with Gasteiger partial charge in [0.2, 0.25) is 17.7 Å². The number of likely N-dealkylation sites (tertiary alicyclic amines) is 1. The van der Waals surface area contributed by atoms with Crippen LogP contribution in [0.3, 0.4) is 0 Å². The number of imide groups is 1. The molecule has 3 amide bonds. The predicted octanol–water partition coefficient (Wildman–Crippen LogP) is 3.39. The number of nitrogens with zero attached hydrogens (tertiary/aromatic N) is 1. The average molecular weight is 380 g/mol. The van der Waals surface area contributed by atoms with Gasteiger partial charge in [-0.1, -0.05) is 31.9 Å². The van der Waals surface area contributed by atoms with E-state index in [-0.39, 0.29) is 41.5 Å². The van der Waals surface area contributed by atoms with Crippen LogP contribution in [0.1, 0.15) is 51.0 Å². The molecule has 28 heavy (non-hydrogen) atoms. The lowest BCUT2D eigenvalue weighted by molar-refractivity contribution is -0.144. The van der Waals surface area contributed by atoms with Gasteiger partial charge in [-0.2, -0.15) is 0 Å². The lowest BCUT2D eigenvalue weighted by Gasteiger charge is -2.33. The van der Waals surface area contributed by atoms with Gasteiger partial charge in [-0.25, -0.2) is 0 Å². The fourth-order valence-electron chi connectivity index (χ4n) is 6.53. The van der Waals surface area contributed by atoms with Gasteiger partial charge in [0.1, 0.15) is 6.54 Å². The van der Waals surface area contributed by atoms with E-state index in [0.717, 1.165) is 32.1 Å². The van der Waals surface area contributed by atoms with Crippen LogP contribution in [0, 0.1) is 29.1 Å². The fourth-order valence-corrected chi connectivity index (χ4v) is 6.53. The van der Waals surface area contributed by atoms with Crippen molar-refractivity contribution >= 4 is 23.4 Å². The standard InChI is InChI=1S/C23H28N2O3/c1-2-4-14-7-9-15(10-8-14)24-18(26)13-25-21(27)19-16-5-3-6-17(20(19)22(25)28)23(16)11-12-23/h7-10,16-17,19-20H,2-6,11-13H2,1H3,(H,24,26). The van der Waals surface area contributed by atoms with Gasteiger partial charge in [0.15, 0.2) is 0 Å². The molecular formula is C23H28N2O3. The van der Waals surface area contributed by atoms with E-state index in [0.29, 0.717) is 17.5 Å². The summed E-state index contributed by atoms with van der Waals surface area (Å²) >= 11 is 0. The van der Waals surface area contributed by atoms with Crippen LogP contribution in [-0.4, -0.2) is 29.2 Å². The molecular weight excluding hydrogens is 352 g/mol. The van der Waals surface area contributed by atoms with Crippen LogP contribution < -0.4 is 5.32 Å². The third-order valence-electron chi connectivity index (χ3n) is 7.77. The Morgan fingerprint density at radius 2 is 1.68 bits per heavy atom. The molecule has 1 saturated heterocycles. The number of hydrogen-bond acceptors (Lipinski definition) is 3. The van der Waals surface area contributed by atoms with Crippen molar-refractivity contribution in [3.05, 3.63) is 29.8 Å². The van der Waals surface area contributed by atoms with Gasteiger partial charge in [0.25, 0.3) is 0 Å². The van der Waals surface area contributed by atoms with Gasteiger partial charge in [0.05, 0.1) is 11.8 Å². The summed E-state index contributed by atoms with van der Waals surface area (Å²) in [4.78, 5) is 39.9. The molecule has 1 spiro atoms. The van der Waals surface area contributed by atoms with Crippen LogP contribution in [0.25, 0.3) is 0 Å². The Hall–Kier alpha value is -2.17. The van der Waals surface area contributed by atoms with E-state index in [4.69, 9.17) is 0 Å². The summed E-state index contributed by atoms with van der Waals surface area (Å²) in [7, 11) is 0. The molecule has 3 saturated carbocycles. The largest absolute Gasteiger partial charge is 0.325 e. The van der Waals surface area contributed by atoms with E-state index in [1.165, 1.54) is 23.3 Å². The van der Waals surface area contributed by atoms with Crippen LogP contribution >= 0.6 is 0 Å². The maximum atomic E-state index is 13.1. The van der Waals surface area contributed by atoms with Crippen LogP contribution in [-0.2, 0) is 20.8 Å². The molecule has 0 aromatic heterocycles. The number of carbonyl (C=O) groups excluding carboxylic acids is 3. The Morgan fingerprint density at radius 3 is 2.21 bits per heavy atom. The number of fused-ring (bicyclic) bond motifs is 3. The molecule has 4 aliphatic rings. The van der Waals surface area contributed by atoms with Gasteiger partial charge in [0, 0.05) is 5.69 Å². The Kier molecular flexibility index (Phi) is 4.11. The van der Waals surface area contributed by atoms with E-state index in [1.807, 2.05) is 24.3 Å². The van der Waals surface area contributed by atoms with Gasteiger partial charge >= 0.3 is 0 Å². The van der Waals surface area contributed by atoms with E-state index in [1.54, 1.807) is 0 Å². The van der Waals surface area contributed by atoms with Crippen LogP contribution in [0.15, 0.2) is 24.3 Å². The molecule has 4 fully saturated rings. The molecule has 5 heteroatoms. The van der Waals surface area contributed by atoms with Gasteiger partial charge in [-0.3, -0.25) is 19.3 Å². The molecule has 5 nitrogen and oxygen atoms in total. The highest BCUT2D eigenvalue weighted by Gasteiger charge is 2.72. The smallest absolute Gasteiger partial charge is 0.244 e. The van der Waals surface area contributed by atoms with Crippen molar-refractivity contribution in [3.8, 4) is 0 Å². The van der Waals surface area contributed by atoms with E-state index in [9.17, 15) is 14.4 Å². The summed E-state index contributed by atoms with van der Waals surface area (Å²) in [6, 6.07) is 7.77. The first kappa shape index (κ1) is 17.9. The molecule has 1 aromatic carbocycles. The summed E-state index contributed by atoms with van der Waals surface area (Å²) in [5.74, 6) is -0.0737. The zero-order chi connectivity index (χ0) is 19.5. The number of anilines is 1. The zero-order valence-electron chi connectivity index (χ0n) is 16.4. The molecule has 1 N–H and O–H groups in total. The summed E-state index contributed by atoms with van der Waals surface area (Å²) in [5, 5.41) is 2.84. The summed E-state index contributed by atoms with van der Waals surface area (Å²) in [5.41, 5.74) is 2.23. The first-order valence-electron chi connectivity index (χ1n) is 10.8. The van der Waals surface area contributed by atoms with Crippen molar-refractivity contribution in [2.45, 2.75) is 51.9 Å². The zero-order valence-corrected chi connectivity index (χ0v) is 16.4. The number of benzene rings is 1. The second kappa shape index (κ2) is 6.43. The normalized spacial score (nSPS) is 32.0. The Bertz CT molecular complexity index is 795. The van der Waals surface area contributed by atoms with E-state index < -0.39 is 0 Å². The second-order valence-electron chi connectivity index (χ2n) is 9.19. The fraction of sp³-hybridized carbons (Fsp3) is 0.609. The monoisotopic (exact) mass is 380 g/mol. The number of amides is 3. The first-order valence-corrected chi connectivity index (χ1v) is 10.8. The Labute approximate surface area is 165 Å². The summed E-state index contributed by atoms with van der Waals surface area (Å²) in [6.45, 7) is 1.97. The van der Waals surface area contributed by atoms with Gasteiger partial charge in [-0.05, 0) is 67.1 Å². The average Bonchev–Trinajstić information content (AvgIpc) is 3.40. The maximum Gasteiger partial charge on any atom is 0.244 e. The van der Waals surface area contributed by atoms with Crippen molar-refractivity contribution in [2.24, 2.45) is 29.1 Å². The van der Waals surface area contributed by atoms with Crippen molar-refractivity contribution in [1.82, 2.24) is 4.90 Å². The molecule has 3 aliphatic carbocycles. The lowest BCUT2D eigenvalue weighted by atomic mass is 9.73. The van der Waals surface area contributed by atoms with E-state index >= 15 is 0 Å². The highest BCUT2D eigenvalue weighted by molar-refractivity contribution is 6.09. The summed E-state index contributed by atoms with van der Waals surface area (Å²) < 4.78 is 0. The number of hydrogen-bond donors (Lipinski definition) is 1. The van der Waals surface area contributed by atoms with Crippen LogP contribution in [0.5, 0.6) is 0 Å². The summed E-state index contributed by atoms with van der Waals surface area (Å²) in [6.07, 6.45) is 7.74.